The van der Waals surface area contributed by atoms with Gasteiger partial charge in [-0.05, 0) is 13.8 Å². The van der Waals surface area contributed by atoms with Crippen LogP contribution in [0.3, 0.4) is 0 Å². The molecular formula is C5H6S. The summed E-state index contributed by atoms with van der Waals surface area (Å²) in [7, 11) is 0. The maximum Gasteiger partial charge on any atom is 0.0618 e. The fourth-order valence-electron chi connectivity index (χ4n) is 0.176. The van der Waals surface area contributed by atoms with Gasteiger partial charge in [-0.1, -0.05) is 18.1 Å². The number of thiocarbonyl (C=S) groups is 1. The predicted octanol–water partition coefficient (Wildman–Crippen LogP) is 1.40. The van der Waals surface area contributed by atoms with Crippen molar-refractivity contribution >= 4 is 17.1 Å². The molecule has 0 saturated heterocycles. The van der Waals surface area contributed by atoms with E-state index in [4.69, 9.17) is 0 Å². The summed E-state index contributed by atoms with van der Waals surface area (Å²) in [5.41, 5.74) is 0. The first-order chi connectivity index (χ1) is 2.77. The summed E-state index contributed by atoms with van der Waals surface area (Å²) in [4.78, 5) is 0.762. The van der Waals surface area contributed by atoms with E-state index in [2.05, 4.69) is 24.1 Å². The van der Waals surface area contributed by atoms with Crippen molar-refractivity contribution in [2.75, 3.05) is 0 Å². The van der Waals surface area contributed by atoms with Gasteiger partial charge in [0, 0.05) is 0 Å². The van der Waals surface area contributed by atoms with Crippen molar-refractivity contribution in [3.63, 3.8) is 0 Å². The summed E-state index contributed by atoms with van der Waals surface area (Å²) < 4.78 is 0. The van der Waals surface area contributed by atoms with Crippen LogP contribution in [0.5, 0.6) is 0 Å². The minimum atomic E-state index is 0.762. The van der Waals surface area contributed by atoms with Crippen LogP contribution < -0.4 is 0 Å². The van der Waals surface area contributed by atoms with Gasteiger partial charge in [0.15, 0.2) is 0 Å². The molecule has 0 amide bonds. The van der Waals surface area contributed by atoms with E-state index in [-0.39, 0.29) is 0 Å². The Bertz CT molecular complexity index is 103. The zero-order chi connectivity index (χ0) is 4.99. The fourth-order valence-corrected chi connectivity index (χ4v) is 0.278. The molecule has 0 unspecified atom stereocenters. The third-order valence-electron chi connectivity index (χ3n) is 0.301. The molecule has 0 heterocycles. The highest BCUT2D eigenvalue weighted by molar-refractivity contribution is 7.80. The molecule has 0 nitrogen and oxygen atoms in total. The van der Waals surface area contributed by atoms with Crippen LogP contribution in [-0.2, 0) is 0 Å². The van der Waals surface area contributed by atoms with Crippen LogP contribution in [0.2, 0.25) is 0 Å². The van der Waals surface area contributed by atoms with Crippen molar-refractivity contribution in [1.82, 2.24) is 0 Å². The second-order valence-electron chi connectivity index (χ2n) is 0.931. The van der Waals surface area contributed by atoms with E-state index in [0.29, 0.717) is 0 Å². The minimum Gasteiger partial charge on any atom is -0.101 e. The standard InChI is InChI=1S/C5H6S/c1-3-4-5(2)6/h1-2H3. The van der Waals surface area contributed by atoms with Gasteiger partial charge in [0.2, 0.25) is 0 Å². The van der Waals surface area contributed by atoms with Crippen LogP contribution in [0.4, 0.5) is 0 Å². The van der Waals surface area contributed by atoms with E-state index in [1.54, 1.807) is 6.92 Å². The zero-order valence-corrected chi connectivity index (χ0v) is 4.72. The van der Waals surface area contributed by atoms with Crippen LogP contribution in [-0.4, -0.2) is 4.86 Å². The Kier molecular flexibility index (Phi) is 2.70. The lowest BCUT2D eigenvalue weighted by molar-refractivity contribution is 1.91. The van der Waals surface area contributed by atoms with Crippen molar-refractivity contribution < 1.29 is 0 Å². The molecule has 0 saturated carbocycles. The molecule has 0 aromatic rings. The lowest BCUT2D eigenvalue weighted by Gasteiger charge is -1.66. The molecular weight excluding hydrogens is 92.1 g/mol. The van der Waals surface area contributed by atoms with Gasteiger partial charge in [-0.2, -0.15) is 0 Å². The summed E-state index contributed by atoms with van der Waals surface area (Å²) in [5, 5.41) is 0. The van der Waals surface area contributed by atoms with Gasteiger partial charge < -0.3 is 0 Å². The average Bonchev–Trinajstić information content (AvgIpc) is 1.35. The largest absolute Gasteiger partial charge is 0.101 e. The molecule has 0 aliphatic carbocycles. The second kappa shape index (κ2) is 2.87. The SMILES string of the molecule is CC#CC(C)=S. The first kappa shape index (κ1) is 5.65. The van der Waals surface area contributed by atoms with Crippen LogP contribution in [0.25, 0.3) is 0 Å². The maximum absolute atomic E-state index is 4.62. The molecule has 0 radical (unpaired) electrons. The highest BCUT2D eigenvalue weighted by Gasteiger charge is 1.65. The highest BCUT2D eigenvalue weighted by atomic mass is 32.1. The Hall–Kier alpha value is -0.350. The Morgan fingerprint density at radius 3 is 2.17 bits per heavy atom. The monoisotopic (exact) mass is 98.0 g/mol. The van der Waals surface area contributed by atoms with Crippen molar-refractivity contribution in [2.45, 2.75) is 13.8 Å². The summed E-state index contributed by atoms with van der Waals surface area (Å²) in [6.45, 7) is 3.58. The van der Waals surface area contributed by atoms with Gasteiger partial charge in [-0.3, -0.25) is 0 Å². The topological polar surface area (TPSA) is 0 Å². The molecule has 32 valence electrons. The van der Waals surface area contributed by atoms with Crippen LogP contribution in [0.1, 0.15) is 13.8 Å². The molecule has 0 aromatic heterocycles. The van der Waals surface area contributed by atoms with E-state index in [1.165, 1.54) is 0 Å². The van der Waals surface area contributed by atoms with E-state index < -0.39 is 0 Å². The first-order valence-electron chi connectivity index (χ1n) is 1.70. The molecule has 0 aliphatic heterocycles. The predicted molar refractivity (Wildman–Crippen MR) is 31.7 cm³/mol. The van der Waals surface area contributed by atoms with Crippen LogP contribution in [0.15, 0.2) is 0 Å². The Morgan fingerprint density at radius 1 is 1.67 bits per heavy atom. The van der Waals surface area contributed by atoms with Gasteiger partial charge in [0.1, 0.15) is 0 Å². The Morgan fingerprint density at radius 2 is 2.17 bits per heavy atom. The number of hydrogen-bond donors (Lipinski definition) is 0. The molecule has 0 bridgehead atoms. The zero-order valence-electron chi connectivity index (χ0n) is 3.91. The average molecular weight is 98.2 g/mol. The molecule has 6 heavy (non-hydrogen) atoms. The minimum absolute atomic E-state index is 0.762. The maximum atomic E-state index is 4.62. The first-order valence-corrected chi connectivity index (χ1v) is 2.11. The fraction of sp³-hybridized carbons (Fsp3) is 0.400. The molecule has 1 heteroatoms. The molecule has 0 aromatic carbocycles. The van der Waals surface area contributed by atoms with Crippen molar-refractivity contribution in [2.24, 2.45) is 0 Å². The highest BCUT2D eigenvalue weighted by Crippen LogP contribution is 1.65. The van der Waals surface area contributed by atoms with Crippen molar-refractivity contribution in [3.05, 3.63) is 0 Å². The lowest BCUT2D eigenvalue weighted by Crippen LogP contribution is -1.72. The molecule has 0 aliphatic rings. The summed E-state index contributed by atoms with van der Waals surface area (Å²) in [5.74, 6) is 5.37. The van der Waals surface area contributed by atoms with Gasteiger partial charge in [0.25, 0.3) is 0 Å². The third kappa shape index (κ3) is 3.65. The number of hydrogen-bond acceptors (Lipinski definition) is 1. The Balaban J connectivity index is 3.50. The second-order valence-corrected chi connectivity index (χ2v) is 1.54. The van der Waals surface area contributed by atoms with Gasteiger partial charge in [-0.25, -0.2) is 0 Å². The van der Waals surface area contributed by atoms with E-state index in [0.717, 1.165) is 4.86 Å². The normalized spacial score (nSPS) is 5.67. The summed E-state index contributed by atoms with van der Waals surface area (Å²) in [6.07, 6.45) is 0. The van der Waals surface area contributed by atoms with E-state index >= 15 is 0 Å². The molecule has 0 fully saturated rings. The van der Waals surface area contributed by atoms with Gasteiger partial charge in [-0.15, -0.1) is 5.92 Å². The molecule has 0 spiro atoms. The van der Waals surface area contributed by atoms with Gasteiger partial charge >= 0.3 is 0 Å². The summed E-state index contributed by atoms with van der Waals surface area (Å²) >= 11 is 4.62. The van der Waals surface area contributed by atoms with Crippen molar-refractivity contribution in [3.8, 4) is 11.8 Å². The third-order valence-corrected chi connectivity index (χ3v) is 0.403. The quantitative estimate of drug-likeness (QED) is 0.326. The smallest absolute Gasteiger partial charge is 0.0618 e. The summed E-state index contributed by atoms with van der Waals surface area (Å²) in [6, 6.07) is 0. The van der Waals surface area contributed by atoms with Crippen molar-refractivity contribution in [1.29, 1.82) is 0 Å². The van der Waals surface area contributed by atoms with Crippen LogP contribution >= 0.6 is 12.2 Å². The Labute approximate surface area is 43.6 Å². The van der Waals surface area contributed by atoms with Crippen LogP contribution in [0, 0.1) is 11.8 Å². The molecule has 0 rings (SSSR count). The van der Waals surface area contributed by atoms with E-state index in [1.807, 2.05) is 6.92 Å². The molecule has 0 N–H and O–H groups in total. The van der Waals surface area contributed by atoms with Gasteiger partial charge in [0.05, 0.1) is 4.86 Å². The van der Waals surface area contributed by atoms with E-state index in [9.17, 15) is 0 Å². The molecule has 0 atom stereocenters. The lowest BCUT2D eigenvalue weighted by atomic mass is 10.5. The number of rotatable bonds is 0.